The molecule has 1 aliphatic rings. The van der Waals surface area contributed by atoms with Gasteiger partial charge in [0.15, 0.2) is 0 Å². The van der Waals surface area contributed by atoms with Crippen LogP contribution in [0.4, 0.5) is 5.69 Å². The molecule has 0 spiro atoms. The van der Waals surface area contributed by atoms with Crippen LogP contribution in [0.1, 0.15) is 35.2 Å². The van der Waals surface area contributed by atoms with E-state index in [2.05, 4.69) is 24.3 Å². The predicted molar refractivity (Wildman–Crippen MR) is 96.5 cm³/mol. The van der Waals surface area contributed by atoms with E-state index in [1.165, 1.54) is 11.6 Å². The van der Waals surface area contributed by atoms with Crippen LogP contribution in [0.3, 0.4) is 0 Å². The van der Waals surface area contributed by atoms with Crippen LogP contribution in [0.15, 0.2) is 54.6 Å². The number of piperidine rings is 1. The van der Waals surface area contributed by atoms with Crippen LogP contribution in [0, 0.1) is 16.0 Å². The van der Waals surface area contributed by atoms with Gasteiger partial charge >= 0.3 is 0 Å². The zero-order chi connectivity index (χ0) is 17.6. The number of aryl methyl sites for hydroxylation is 1. The van der Waals surface area contributed by atoms with Gasteiger partial charge in [-0.05, 0) is 43.2 Å². The maximum Gasteiger partial charge on any atom is 0.282 e. The largest absolute Gasteiger partial charge is 0.338 e. The first-order valence-corrected chi connectivity index (χ1v) is 8.72. The van der Waals surface area contributed by atoms with Gasteiger partial charge in [0.1, 0.15) is 5.56 Å². The second-order valence-electron chi connectivity index (χ2n) is 6.53. The standard InChI is InChI=1S/C20H22N2O3/c23-20(18-8-4-5-9-19(18)22(24)25)21-14-12-17(13-15-21)11-10-16-6-2-1-3-7-16/h1-9,17H,10-15H2. The van der Waals surface area contributed by atoms with E-state index in [4.69, 9.17) is 0 Å². The fourth-order valence-corrected chi connectivity index (χ4v) is 3.42. The molecule has 0 aromatic heterocycles. The van der Waals surface area contributed by atoms with Crippen LogP contribution in [0.5, 0.6) is 0 Å². The lowest BCUT2D eigenvalue weighted by atomic mass is 9.90. The Morgan fingerprint density at radius 2 is 1.68 bits per heavy atom. The summed E-state index contributed by atoms with van der Waals surface area (Å²) < 4.78 is 0. The number of likely N-dealkylation sites (tertiary alicyclic amines) is 1. The molecule has 0 radical (unpaired) electrons. The van der Waals surface area contributed by atoms with Gasteiger partial charge in [0, 0.05) is 19.2 Å². The zero-order valence-electron chi connectivity index (χ0n) is 14.1. The number of nitrogens with zero attached hydrogens (tertiary/aromatic N) is 2. The minimum Gasteiger partial charge on any atom is -0.338 e. The number of carbonyl (C=O) groups is 1. The number of amides is 1. The molecule has 1 fully saturated rings. The highest BCUT2D eigenvalue weighted by Gasteiger charge is 2.27. The number of rotatable bonds is 5. The number of benzene rings is 2. The molecule has 130 valence electrons. The Morgan fingerprint density at radius 1 is 1.04 bits per heavy atom. The molecule has 2 aromatic rings. The van der Waals surface area contributed by atoms with Crippen molar-refractivity contribution in [2.45, 2.75) is 25.7 Å². The van der Waals surface area contributed by atoms with Crippen molar-refractivity contribution in [3.8, 4) is 0 Å². The van der Waals surface area contributed by atoms with Crippen LogP contribution < -0.4 is 0 Å². The maximum absolute atomic E-state index is 12.6. The van der Waals surface area contributed by atoms with Crippen LogP contribution >= 0.6 is 0 Å². The Bertz CT molecular complexity index is 738. The van der Waals surface area contributed by atoms with Crippen LogP contribution in [0.25, 0.3) is 0 Å². The maximum atomic E-state index is 12.6. The SMILES string of the molecule is O=C(c1ccccc1[N+](=O)[O-])N1CCC(CCc2ccccc2)CC1. The van der Waals surface area contributed by atoms with Crippen molar-refractivity contribution in [2.75, 3.05) is 13.1 Å². The minimum atomic E-state index is -0.486. The smallest absolute Gasteiger partial charge is 0.282 e. The summed E-state index contributed by atoms with van der Waals surface area (Å²) in [7, 11) is 0. The third kappa shape index (κ3) is 4.24. The molecule has 1 heterocycles. The fourth-order valence-electron chi connectivity index (χ4n) is 3.42. The Labute approximate surface area is 147 Å². The molecule has 0 saturated carbocycles. The van der Waals surface area contributed by atoms with E-state index in [0.717, 1.165) is 25.7 Å². The molecule has 5 nitrogen and oxygen atoms in total. The summed E-state index contributed by atoms with van der Waals surface area (Å²) in [5.41, 5.74) is 1.43. The lowest BCUT2D eigenvalue weighted by Gasteiger charge is -2.32. The van der Waals surface area contributed by atoms with E-state index in [0.29, 0.717) is 19.0 Å². The number of nitro groups is 1. The first kappa shape index (κ1) is 17.1. The molecule has 2 aromatic carbocycles. The van der Waals surface area contributed by atoms with Gasteiger partial charge in [0.05, 0.1) is 4.92 Å². The summed E-state index contributed by atoms with van der Waals surface area (Å²) >= 11 is 0. The number of nitro benzene ring substituents is 1. The molecule has 5 heteroatoms. The first-order chi connectivity index (χ1) is 12.1. The number of hydrogen-bond acceptors (Lipinski definition) is 3. The molecule has 0 bridgehead atoms. The van der Waals surface area contributed by atoms with E-state index < -0.39 is 4.92 Å². The summed E-state index contributed by atoms with van der Waals surface area (Å²) in [5, 5.41) is 11.1. The first-order valence-electron chi connectivity index (χ1n) is 8.72. The molecule has 1 saturated heterocycles. The third-order valence-electron chi connectivity index (χ3n) is 4.92. The number of para-hydroxylation sites is 1. The van der Waals surface area contributed by atoms with Crippen LogP contribution in [-0.4, -0.2) is 28.8 Å². The lowest BCUT2D eigenvalue weighted by Crippen LogP contribution is -2.38. The van der Waals surface area contributed by atoms with Gasteiger partial charge < -0.3 is 4.90 Å². The van der Waals surface area contributed by atoms with Crippen molar-refractivity contribution in [1.29, 1.82) is 0 Å². The molecule has 1 amide bonds. The highest BCUT2D eigenvalue weighted by atomic mass is 16.6. The molecule has 25 heavy (non-hydrogen) atoms. The highest BCUT2D eigenvalue weighted by Crippen LogP contribution is 2.26. The Morgan fingerprint density at radius 3 is 2.36 bits per heavy atom. The summed E-state index contributed by atoms with van der Waals surface area (Å²) in [6.07, 6.45) is 4.10. The van der Waals surface area contributed by atoms with Gasteiger partial charge in [-0.2, -0.15) is 0 Å². The van der Waals surface area contributed by atoms with Crippen molar-refractivity contribution in [3.05, 3.63) is 75.8 Å². The van der Waals surface area contributed by atoms with Crippen molar-refractivity contribution in [2.24, 2.45) is 5.92 Å². The number of carbonyl (C=O) groups excluding carboxylic acids is 1. The molecule has 3 rings (SSSR count). The monoisotopic (exact) mass is 338 g/mol. The van der Waals surface area contributed by atoms with E-state index >= 15 is 0 Å². The van der Waals surface area contributed by atoms with E-state index in [1.54, 1.807) is 23.1 Å². The Balaban J connectivity index is 1.55. The Kier molecular flexibility index (Phi) is 5.43. The fraction of sp³-hybridized carbons (Fsp3) is 0.350. The normalized spacial score (nSPS) is 15.1. The predicted octanol–water partition coefficient (Wildman–Crippen LogP) is 4.08. The highest BCUT2D eigenvalue weighted by molar-refractivity contribution is 5.98. The van der Waals surface area contributed by atoms with Crippen molar-refractivity contribution < 1.29 is 9.72 Å². The minimum absolute atomic E-state index is 0.112. The van der Waals surface area contributed by atoms with Gasteiger partial charge in [-0.3, -0.25) is 14.9 Å². The molecular weight excluding hydrogens is 316 g/mol. The van der Waals surface area contributed by atoms with E-state index in [9.17, 15) is 14.9 Å². The van der Waals surface area contributed by atoms with Crippen molar-refractivity contribution in [3.63, 3.8) is 0 Å². The lowest BCUT2D eigenvalue weighted by molar-refractivity contribution is -0.385. The second-order valence-corrected chi connectivity index (χ2v) is 6.53. The summed E-state index contributed by atoms with van der Waals surface area (Å²) in [4.78, 5) is 25.0. The van der Waals surface area contributed by atoms with Crippen molar-refractivity contribution in [1.82, 2.24) is 4.90 Å². The summed E-state index contributed by atoms with van der Waals surface area (Å²) in [6, 6.07) is 16.6. The van der Waals surface area contributed by atoms with E-state index in [-0.39, 0.29) is 17.2 Å². The average Bonchev–Trinajstić information content (AvgIpc) is 2.67. The van der Waals surface area contributed by atoms with Crippen LogP contribution in [0.2, 0.25) is 0 Å². The molecule has 0 unspecified atom stereocenters. The summed E-state index contributed by atoms with van der Waals surface area (Å²) in [6.45, 7) is 1.34. The molecule has 0 aliphatic carbocycles. The summed E-state index contributed by atoms with van der Waals surface area (Å²) in [5.74, 6) is 0.379. The topological polar surface area (TPSA) is 63.4 Å². The van der Waals surface area contributed by atoms with Crippen molar-refractivity contribution >= 4 is 11.6 Å². The molecule has 0 atom stereocenters. The van der Waals surface area contributed by atoms with Gasteiger partial charge in [-0.15, -0.1) is 0 Å². The van der Waals surface area contributed by atoms with Gasteiger partial charge in [-0.25, -0.2) is 0 Å². The van der Waals surface area contributed by atoms with Gasteiger partial charge in [-0.1, -0.05) is 42.5 Å². The molecule has 1 aliphatic heterocycles. The molecular formula is C20H22N2O3. The average molecular weight is 338 g/mol. The third-order valence-corrected chi connectivity index (χ3v) is 4.92. The zero-order valence-corrected chi connectivity index (χ0v) is 14.1. The van der Waals surface area contributed by atoms with E-state index in [1.807, 2.05) is 6.07 Å². The van der Waals surface area contributed by atoms with Gasteiger partial charge in [0.25, 0.3) is 11.6 Å². The Hall–Kier alpha value is -2.69. The quantitative estimate of drug-likeness (QED) is 0.609. The molecule has 0 N–H and O–H groups in total. The number of hydrogen-bond donors (Lipinski definition) is 0. The second kappa shape index (κ2) is 7.92. The van der Waals surface area contributed by atoms with Gasteiger partial charge in [0.2, 0.25) is 0 Å². The van der Waals surface area contributed by atoms with Crippen LogP contribution in [-0.2, 0) is 6.42 Å².